The van der Waals surface area contributed by atoms with Crippen LogP contribution in [0.4, 0.5) is 0 Å². The molecule has 1 aromatic carbocycles. The summed E-state index contributed by atoms with van der Waals surface area (Å²) in [6.45, 7) is 0.470. The second-order valence-electron chi connectivity index (χ2n) is 6.09. The summed E-state index contributed by atoms with van der Waals surface area (Å²) < 4.78 is 11.2. The number of methoxy groups -OCH3 is 1. The van der Waals surface area contributed by atoms with E-state index in [1.165, 1.54) is 0 Å². The van der Waals surface area contributed by atoms with Crippen molar-refractivity contribution in [1.82, 2.24) is 0 Å². The number of benzene rings is 1. The predicted octanol–water partition coefficient (Wildman–Crippen LogP) is 3.00. The number of carboxylic acid groups (broad SMARTS) is 1. The van der Waals surface area contributed by atoms with Crippen molar-refractivity contribution in [2.45, 2.75) is 43.6 Å². The molecule has 3 unspecified atom stereocenters. The maximum absolute atomic E-state index is 12.2. The van der Waals surface area contributed by atoms with E-state index < -0.39 is 11.4 Å². The van der Waals surface area contributed by atoms with Gasteiger partial charge in [0.1, 0.15) is 11.2 Å². The van der Waals surface area contributed by atoms with E-state index in [-0.39, 0.29) is 12.0 Å². The fourth-order valence-corrected chi connectivity index (χ4v) is 4.05. The van der Waals surface area contributed by atoms with Crippen LogP contribution in [-0.4, -0.2) is 30.9 Å². The quantitative estimate of drug-likeness (QED) is 0.929. The molecule has 0 aromatic heterocycles. The van der Waals surface area contributed by atoms with Gasteiger partial charge >= 0.3 is 5.97 Å². The van der Waals surface area contributed by atoms with Crippen molar-refractivity contribution >= 4 is 5.97 Å². The van der Waals surface area contributed by atoms with Crippen LogP contribution >= 0.6 is 0 Å². The molecule has 0 radical (unpaired) electrons. The van der Waals surface area contributed by atoms with Crippen LogP contribution in [0.2, 0.25) is 0 Å². The van der Waals surface area contributed by atoms with Gasteiger partial charge in [0.2, 0.25) is 0 Å². The van der Waals surface area contributed by atoms with Crippen molar-refractivity contribution in [2.24, 2.45) is 5.92 Å². The summed E-state index contributed by atoms with van der Waals surface area (Å²) in [6.07, 6.45) is 4.54. The Morgan fingerprint density at radius 1 is 1.38 bits per heavy atom. The Morgan fingerprint density at radius 3 is 2.95 bits per heavy atom. The van der Waals surface area contributed by atoms with Gasteiger partial charge in [0.15, 0.2) is 0 Å². The molecule has 0 spiro atoms. The third-order valence-electron chi connectivity index (χ3n) is 5.16. The van der Waals surface area contributed by atoms with Gasteiger partial charge in [-0.2, -0.15) is 0 Å². The highest BCUT2D eigenvalue weighted by atomic mass is 16.5. The second-order valence-corrected chi connectivity index (χ2v) is 6.09. The summed E-state index contributed by atoms with van der Waals surface area (Å²) in [5, 5.41) is 10.1. The van der Waals surface area contributed by atoms with Crippen LogP contribution in [0.3, 0.4) is 0 Å². The zero-order valence-corrected chi connectivity index (χ0v) is 12.4. The van der Waals surface area contributed by atoms with E-state index in [0.29, 0.717) is 13.0 Å². The second kappa shape index (κ2) is 5.68. The average Bonchev–Trinajstić information content (AvgIpc) is 2.54. The third-order valence-corrected chi connectivity index (χ3v) is 5.16. The zero-order valence-electron chi connectivity index (χ0n) is 12.4. The highest BCUT2D eigenvalue weighted by Crippen LogP contribution is 2.49. The lowest BCUT2D eigenvalue weighted by atomic mass is 9.62. The minimum absolute atomic E-state index is 0.110. The molecule has 1 fully saturated rings. The molecular formula is C17H22O4. The maximum Gasteiger partial charge on any atom is 0.314 e. The van der Waals surface area contributed by atoms with Gasteiger partial charge in [-0.15, -0.1) is 0 Å². The Balaban J connectivity index is 2.03. The van der Waals surface area contributed by atoms with Crippen molar-refractivity contribution < 1.29 is 19.4 Å². The number of carboxylic acids is 1. The van der Waals surface area contributed by atoms with E-state index >= 15 is 0 Å². The lowest BCUT2D eigenvalue weighted by Gasteiger charge is -2.44. The Labute approximate surface area is 125 Å². The summed E-state index contributed by atoms with van der Waals surface area (Å²) >= 11 is 0. The molecule has 21 heavy (non-hydrogen) atoms. The van der Waals surface area contributed by atoms with Gasteiger partial charge in [0, 0.05) is 19.1 Å². The number of ether oxygens (including phenoxy) is 2. The summed E-state index contributed by atoms with van der Waals surface area (Å²) in [5.41, 5.74) is 0.0111. The largest absolute Gasteiger partial charge is 0.493 e. The van der Waals surface area contributed by atoms with E-state index in [1.807, 2.05) is 24.3 Å². The van der Waals surface area contributed by atoms with Gasteiger partial charge in [-0.25, -0.2) is 0 Å². The molecule has 4 heteroatoms. The number of hydrogen-bond acceptors (Lipinski definition) is 3. The molecule has 3 rings (SSSR count). The molecule has 114 valence electrons. The van der Waals surface area contributed by atoms with E-state index in [9.17, 15) is 9.90 Å². The molecule has 4 nitrogen and oxygen atoms in total. The van der Waals surface area contributed by atoms with Crippen molar-refractivity contribution in [3.05, 3.63) is 29.8 Å². The summed E-state index contributed by atoms with van der Waals surface area (Å²) in [6, 6.07) is 7.60. The first-order valence-corrected chi connectivity index (χ1v) is 7.67. The number of hydrogen-bond donors (Lipinski definition) is 1. The predicted molar refractivity (Wildman–Crippen MR) is 78.6 cm³/mol. The molecular weight excluding hydrogens is 268 g/mol. The Bertz CT molecular complexity index is 527. The van der Waals surface area contributed by atoms with Gasteiger partial charge in [-0.1, -0.05) is 24.6 Å². The van der Waals surface area contributed by atoms with Gasteiger partial charge in [-0.05, 0) is 31.2 Å². The Hall–Kier alpha value is -1.55. The minimum Gasteiger partial charge on any atom is -0.493 e. The standard InChI is InChI=1S/C17H22O4/c1-20-13-6-4-5-12(11-13)17(16(18)19)9-10-21-15-8-3-2-7-14(15)17/h2-3,7-8,12-13H,4-6,9-11H2,1H3,(H,18,19). The number of para-hydroxylation sites is 1. The van der Waals surface area contributed by atoms with Gasteiger partial charge < -0.3 is 14.6 Å². The summed E-state index contributed by atoms with van der Waals surface area (Å²) in [7, 11) is 1.72. The molecule has 0 bridgehead atoms. The first-order chi connectivity index (χ1) is 10.2. The minimum atomic E-state index is -0.827. The van der Waals surface area contributed by atoms with Crippen LogP contribution in [0.1, 0.15) is 37.7 Å². The lowest BCUT2D eigenvalue weighted by molar-refractivity contribution is -0.149. The molecule has 0 amide bonds. The molecule has 3 atom stereocenters. The monoisotopic (exact) mass is 290 g/mol. The van der Waals surface area contributed by atoms with Gasteiger partial charge in [-0.3, -0.25) is 4.79 Å². The topological polar surface area (TPSA) is 55.8 Å². The molecule has 2 aliphatic rings. The zero-order chi connectivity index (χ0) is 14.9. The first kappa shape index (κ1) is 14.4. The smallest absolute Gasteiger partial charge is 0.314 e. The van der Waals surface area contributed by atoms with Crippen LogP contribution in [0.25, 0.3) is 0 Å². The molecule has 1 aliphatic heterocycles. The van der Waals surface area contributed by atoms with Crippen molar-refractivity contribution in [3.63, 3.8) is 0 Å². The summed E-state index contributed by atoms with van der Waals surface area (Å²) in [5.74, 6) is 0.115. The number of aliphatic carboxylic acids is 1. The number of fused-ring (bicyclic) bond motifs is 1. The van der Waals surface area contributed by atoms with Crippen LogP contribution in [0, 0.1) is 5.92 Å². The Morgan fingerprint density at radius 2 is 2.19 bits per heavy atom. The average molecular weight is 290 g/mol. The van der Waals surface area contributed by atoms with E-state index in [4.69, 9.17) is 9.47 Å². The molecule has 1 heterocycles. The lowest BCUT2D eigenvalue weighted by Crippen LogP contribution is -2.48. The van der Waals surface area contributed by atoms with Gasteiger partial charge in [0.05, 0.1) is 12.7 Å². The van der Waals surface area contributed by atoms with Crippen molar-refractivity contribution in [3.8, 4) is 5.75 Å². The van der Waals surface area contributed by atoms with Crippen molar-refractivity contribution in [1.29, 1.82) is 0 Å². The highest BCUT2D eigenvalue weighted by molar-refractivity contribution is 5.83. The third kappa shape index (κ3) is 2.31. The Kier molecular flexibility index (Phi) is 3.89. The first-order valence-electron chi connectivity index (χ1n) is 7.67. The van der Waals surface area contributed by atoms with E-state index in [2.05, 4.69) is 0 Å². The van der Waals surface area contributed by atoms with Crippen LogP contribution in [-0.2, 0) is 14.9 Å². The van der Waals surface area contributed by atoms with Crippen LogP contribution in [0.15, 0.2) is 24.3 Å². The maximum atomic E-state index is 12.2. The normalized spacial score (nSPS) is 32.0. The van der Waals surface area contributed by atoms with E-state index in [1.54, 1.807) is 7.11 Å². The molecule has 1 N–H and O–H groups in total. The highest BCUT2D eigenvalue weighted by Gasteiger charge is 2.51. The van der Waals surface area contributed by atoms with Crippen LogP contribution in [0.5, 0.6) is 5.75 Å². The molecule has 0 saturated heterocycles. The fourth-order valence-electron chi connectivity index (χ4n) is 4.05. The fraction of sp³-hybridized carbons (Fsp3) is 0.588. The summed E-state index contributed by atoms with van der Waals surface area (Å²) in [4.78, 5) is 12.2. The van der Waals surface area contributed by atoms with Crippen molar-refractivity contribution in [2.75, 3.05) is 13.7 Å². The molecule has 1 aliphatic carbocycles. The number of rotatable bonds is 3. The molecule has 1 saturated carbocycles. The number of carbonyl (C=O) groups is 1. The molecule has 1 aromatic rings. The van der Waals surface area contributed by atoms with Crippen LogP contribution < -0.4 is 4.74 Å². The van der Waals surface area contributed by atoms with Gasteiger partial charge in [0.25, 0.3) is 0 Å². The SMILES string of the molecule is COC1CCCC(C2(C(=O)O)CCOc3ccccc32)C1. The van der Waals surface area contributed by atoms with E-state index in [0.717, 1.165) is 37.0 Å².